The summed E-state index contributed by atoms with van der Waals surface area (Å²) in [4.78, 5) is 14.7. The number of likely N-dealkylation sites (tertiary alicyclic amines) is 1. The molecule has 8 heteroatoms. The Morgan fingerprint density at radius 2 is 1.75 bits per heavy atom. The van der Waals surface area contributed by atoms with Gasteiger partial charge in [0.25, 0.3) is 0 Å². The number of halogens is 5. The Morgan fingerprint density at radius 1 is 1.11 bits per heavy atom. The topological polar surface area (TPSA) is 32.3 Å². The number of hydrogen-bond donors (Lipinski definition) is 1. The molecule has 28 heavy (non-hydrogen) atoms. The number of piperidine rings is 1. The molecule has 3 nitrogen and oxygen atoms in total. The molecule has 1 unspecified atom stereocenters. The van der Waals surface area contributed by atoms with E-state index in [0.29, 0.717) is 28.8 Å². The molecule has 1 N–H and O–H groups in total. The van der Waals surface area contributed by atoms with Crippen LogP contribution in [0.3, 0.4) is 0 Å². The largest absolute Gasteiger partial charge is 0.416 e. The third kappa shape index (κ3) is 5.19. The van der Waals surface area contributed by atoms with Crippen LogP contribution in [0.25, 0.3) is 0 Å². The number of rotatable bonds is 4. The lowest BCUT2D eigenvalue weighted by Crippen LogP contribution is -2.40. The maximum atomic E-state index is 12.6. The van der Waals surface area contributed by atoms with E-state index in [1.807, 2.05) is 0 Å². The van der Waals surface area contributed by atoms with Crippen LogP contribution < -0.4 is 5.32 Å². The van der Waals surface area contributed by atoms with Gasteiger partial charge in [0.1, 0.15) is 0 Å². The molecule has 1 aliphatic rings. The Kier molecular flexibility index (Phi) is 6.53. The normalized spacial score (nSPS) is 18.1. The zero-order valence-electron chi connectivity index (χ0n) is 14.9. The number of carbonyl (C=O) groups is 1. The molecule has 0 radical (unpaired) electrons. The van der Waals surface area contributed by atoms with Crippen molar-refractivity contribution in [3.8, 4) is 0 Å². The maximum Gasteiger partial charge on any atom is 0.416 e. The first-order chi connectivity index (χ1) is 13.2. The number of benzene rings is 2. The molecular formula is C20H19Cl2F3N2O. The van der Waals surface area contributed by atoms with Crippen molar-refractivity contribution in [3.05, 3.63) is 63.6 Å². The number of nitrogens with one attached hydrogen (secondary N) is 1. The zero-order valence-corrected chi connectivity index (χ0v) is 16.4. The Balaban J connectivity index is 1.61. The summed E-state index contributed by atoms with van der Waals surface area (Å²) in [6.45, 7) is 1.90. The molecule has 1 amide bonds. The number of nitrogens with zero attached hydrogens (tertiary/aromatic N) is 1. The van der Waals surface area contributed by atoms with Gasteiger partial charge in [-0.1, -0.05) is 29.3 Å². The molecule has 0 aromatic heterocycles. The van der Waals surface area contributed by atoms with Gasteiger partial charge in [-0.2, -0.15) is 13.2 Å². The first-order valence-corrected chi connectivity index (χ1v) is 9.63. The van der Waals surface area contributed by atoms with Gasteiger partial charge < -0.3 is 5.32 Å². The molecule has 0 aliphatic carbocycles. The molecule has 1 atom stereocenters. The van der Waals surface area contributed by atoms with Gasteiger partial charge in [-0.05, 0) is 55.8 Å². The molecule has 1 fully saturated rings. The summed E-state index contributed by atoms with van der Waals surface area (Å²) in [5.74, 6) is -0.452. The van der Waals surface area contributed by atoms with Crippen molar-refractivity contribution in [1.82, 2.24) is 4.90 Å². The standard InChI is InChI=1S/C20H19Cl2F3N2O/c21-17-4-1-5-18(22)16(17)12-27-10-2-3-13(11-27)19(28)26-15-8-6-14(7-9-15)20(23,24)25/h1,4-9,13H,2-3,10-12H2,(H,26,28). The van der Waals surface area contributed by atoms with Crippen molar-refractivity contribution < 1.29 is 18.0 Å². The van der Waals surface area contributed by atoms with Crippen LogP contribution >= 0.6 is 23.2 Å². The van der Waals surface area contributed by atoms with E-state index < -0.39 is 11.7 Å². The molecule has 3 rings (SSSR count). The Labute approximate surface area is 171 Å². The summed E-state index contributed by atoms with van der Waals surface area (Å²) in [6, 6.07) is 9.80. The molecule has 0 bridgehead atoms. The molecule has 0 spiro atoms. The highest BCUT2D eigenvalue weighted by molar-refractivity contribution is 6.35. The summed E-state index contributed by atoms with van der Waals surface area (Å²) in [6.07, 6.45) is -2.83. The van der Waals surface area contributed by atoms with Crippen molar-refractivity contribution >= 4 is 34.8 Å². The second-order valence-corrected chi connectivity index (χ2v) is 7.65. The highest BCUT2D eigenvalue weighted by Crippen LogP contribution is 2.30. The van der Waals surface area contributed by atoms with E-state index in [-0.39, 0.29) is 11.8 Å². The molecular weight excluding hydrogens is 412 g/mol. The highest BCUT2D eigenvalue weighted by Gasteiger charge is 2.30. The predicted molar refractivity (Wildman–Crippen MR) is 105 cm³/mol. The Morgan fingerprint density at radius 3 is 2.36 bits per heavy atom. The fourth-order valence-electron chi connectivity index (χ4n) is 3.31. The van der Waals surface area contributed by atoms with E-state index in [1.165, 1.54) is 12.1 Å². The smallest absolute Gasteiger partial charge is 0.326 e. The van der Waals surface area contributed by atoms with Crippen LogP contribution in [0.1, 0.15) is 24.0 Å². The van der Waals surface area contributed by atoms with Gasteiger partial charge in [0.2, 0.25) is 5.91 Å². The summed E-state index contributed by atoms with van der Waals surface area (Å²) in [5, 5.41) is 3.89. The average molecular weight is 431 g/mol. The highest BCUT2D eigenvalue weighted by atomic mass is 35.5. The van der Waals surface area contributed by atoms with E-state index in [1.54, 1.807) is 18.2 Å². The number of carbonyl (C=O) groups excluding carboxylic acids is 1. The summed E-state index contributed by atoms with van der Waals surface area (Å²) >= 11 is 12.5. The van der Waals surface area contributed by atoms with Gasteiger partial charge in [-0.25, -0.2) is 0 Å². The van der Waals surface area contributed by atoms with Crippen LogP contribution in [0.2, 0.25) is 10.0 Å². The molecule has 1 heterocycles. The number of hydrogen-bond acceptors (Lipinski definition) is 2. The number of amides is 1. The number of anilines is 1. The van der Waals surface area contributed by atoms with Crippen LogP contribution in [0.15, 0.2) is 42.5 Å². The van der Waals surface area contributed by atoms with Gasteiger partial charge in [0.15, 0.2) is 0 Å². The van der Waals surface area contributed by atoms with Gasteiger partial charge in [0, 0.05) is 34.4 Å². The van der Waals surface area contributed by atoms with E-state index in [4.69, 9.17) is 23.2 Å². The Bertz CT molecular complexity index is 820. The first-order valence-electron chi connectivity index (χ1n) is 8.87. The summed E-state index contributed by atoms with van der Waals surface area (Å²) < 4.78 is 37.9. The second-order valence-electron chi connectivity index (χ2n) is 6.84. The monoisotopic (exact) mass is 430 g/mol. The molecule has 150 valence electrons. The molecule has 0 saturated carbocycles. The maximum absolute atomic E-state index is 12.6. The quantitative estimate of drug-likeness (QED) is 0.658. The van der Waals surface area contributed by atoms with Gasteiger partial charge in [-0.3, -0.25) is 9.69 Å². The van der Waals surface area contributed by atoms with Crippen LogP contribution in [0.5, 0.6) is 0 Å². The van der Waals surface area contributed by atoms with E-state index >= 15 is 0 Å². The lowest BCUT2D eigenvalue weighted by molar-refractivity contribution is -0.137. The summed E-state index contributed by atoms with van der Waals surface area (Å²) in [7, 11) is 0. The van der Waals surface area contributed by atoms with Crippen LogP contribution in [-0.4, -0.2) is 23.9 Å². The zero-order chi connectivity index (χ0) is 20.3. The van der Waals surface area contributed by atoms with E-state index in [2.05, 4.69) is 10.2 Å². The van der Waals surface area contributed by atoms with Crippen molar-refractivity contribution in [1.29, 1.82) is 0 Å². The van der Waals surface area contributed by atoms with Crippen molar-refractivity contribution in [2.24, 2.45) is 5.92 Å². The number of alkyl halides is 3. The van der Waals surface area contributed by atoms with Crippen molar-refractivity contribution in [3.63, 3.8) is 0 Å². The molecule has 1 aliphatic heterocycles. The fourth-order valence-corrected chi connectivity index (χ4v) is 3.82. The minimum Gasteiger partial charge on any atom is -0.326 e. The van der Waals surface area contributed by atoms with Crippen molar-refractivity contribution in [2.75, 3.05) is 18.4 Å². The third-order valence-corrected chi connectivity index (χ3v) is 5.51. The summed E-state index contributed by atoms with van der Waals surface area (Å²) in [5.41, 5.74) is 0.435. The second kappa shape index (κ2) is 8.72. The van der Waals surface area contributed by atoms with E-state index in [0.717, 1.165) is 37.1 Å². The van der Waals surface area contributed by atoms with Crippen LogP contribution in [0.4, 0.5) is 18.9 Å². The molecule has 2 aromatic carbocycles. The van der Waals surface area contributed by atoms with Crippen LogP contribution in [-0.2, 0) is 17.5 Å². The molecule has 1 saturated heterocycles. The SMILES string of the molecule is O=C(Nc1ccc(C(F)(F)F)cc1)C1CCCN(Cc2c(Cl)cccc2Cl)C1. The lowest BCUT2D eigenvalue weighted by atomic mass is 9.96. The lowest BCUT2D eigenvalue weighted by Gasteiger charge is -2.32. The van der Waals surface area contributed by atoms with Gasteiger partial charge in [-0.15, -0.1) is 0 Å². The predicted octanol–water partition coefficient (Wildman–Crippen LogP) is 5.86. The van der Waals surface area contributed by atoms with E-state index in [9.17, 15) is 18.0 Å². The van der Waals surface area contributed by atoms with Crippen LogP contribution in [0, 0.1) is 5.92 Å². The Hall–Kier alpha value is -1.76. The van der Waals surface area contributed by atoms with Crippen molar-refractivity contribution in [2.45, 2.75) is 25.6 Å². The minimum absolute atomic E-state index is 0.199. The first kappa shape index (κ1) is 21.0. The van der Waals surface area contributed by atoms with Gasteiger partial charge >= 0.3 is 6.18 Å². The average Bonchev–Trinajstić information content (AvgIpc) is 2.65. The fraction of sp³-hybridized carbons (Fsp3) is 0.350. The van der Waals surface area contributed by atoms with Gasteiger partial charge in [0.05, 0.1) is 11.5 Å². The molecule has 2 aromatic rings. The third-order valence-electron chi connectivity index (χ3n) is 4.80. The minimum atomic E-state index is -4.40.